The lowest BCUT2D eigenvalue weighted by Crippen LogP contribution is -2.23. The van der Waals surface area contributed by atoms with Crippen molar-refractivity contribution >= 4 is 40.6 Å². The Kier molecular flexibility index (Phi) is 12.1. The number of aryl methyl sites for hydroxylation is 1. The number of nitrogens with zero attached hydrogens (tertiary/aromatic N) is 3. The summed E-state index contributed by atoms with van der Waals surface area (Å²) >= 11 is 3.59. The van der Waals surface area contributed by atoms with E-state index in [1.54, 1.807) is 11.3 Å². The van der Waals surface area contributed by atoms with Crippen molar-refractivity contribution < 1.29 is 0 Å². The molecule has 2 heterocycles. The number of hydrogen-bond donors (Lipinski definition) is 6. The highest BCUT2D eigenvalue weighted by Gasteiger charge is 2.12. The third-order valence-corrected chi connectivity index (χ3v) is 10.3. The van der Waals surface area contributed by atoms with Gasteiger partial charge in [0, 0.05) is 39.1 Å². The van der Waals surface area contributed by atoms with Crippen LogP contribution in [0.2, 0.25) is 0 Å². The molecule has 0 saturated heterocycles. The van der Waals surface area contributed by atoms with E-state index >= 15 is 0 Å². The molecule has 12 N–H and O–H groups in total. The number of nitrogens with two attached hydrogens (primary N) is 6. The molecule has 254 valence electrons. The Balaban J connectivity index is 1.39. The molecule has 0 aliphatic carbocycles. The van der Waals surface area contributed by atoms with Gasteiger partial charge in [-0.05, 0) is 101 Å². The molecule has 11 heteroatoms. The molecule has 0 saturated carbocycles. The van der Waals surface area contributed by atoms with Crippen LogP contribution < -0.4 is 34.4 Å². The van der Waals surface area contributed by atoms with E-state index in [-0.39, 0.29) is 17.9 Å². The Morgan fingerprint density at radius 1 is 0.449 bits per heavy atom. The van der Waals surface area contributed by atoms with Gasteiger partial charge in [-0.3, -0.25) is 15.0 Å². The van der Waals surface area contributed by atoms with E-state index < -0.39 is 0 Å². The second-order valence-electron chi connectivity index (χ2n) is 11.9. The first-order chi connectivity index (χ1) is 23.7. The molecule has 0 spiro atoms. The zero-order chi connectivity index (χ0) is 34.8. The summed E-state index contributed by atoms with van der Waals surface area (Å²) < 4.78 is 0. The van der Waals surface area contributed by atoms with Gasteiger partial charge in [-0.25, -0.2) is 0 Å². The Morgan fingerprint density at radius 3 is 1.14 bits per heavy atom. The molecular formula is C38H45N9S2. The van der Waals surface area contributed by atoms with Crippen LogP contribution in [0.1, 0.15) is 35.6 Å². The van der Waals surface area contributed by atoms with Gasteiger partial charge in [0.15, 0.2) is 17.9 Å². The van der Waals surface area contributed by atoms with Crippen molar-refractivity contribution in [2.24, 2.45) is 49.4 Å². The molecule has 0 unspecified atom stereocenters. The number of benzene rings is 3. The second kappa shape index (κ2) is 16.8. The van der Waals surface area contributed by atoms with Crippen LogP contribution in [0.25, 0.3) is 41.8 Å². The van der Waals surface area contributed by atoms with Gasteiger partial charge in [-0.1, -0.05) is 67.9 Å². The van der Waals surface area contributed by atoms with Gasteiger partial charge in [-0.2, -0.15) is 0 Å². The molecule has 3 aromatic carbocycles. The molecule has 5 rings (SSSR count). The standard InChI is InChI=1S/C38H45N9S2/c1-2-4-24-17-25(11-14-45-36(39)40)20-30(19-24)34-9-7-32(48-34)28-5-3-6-29(23-28)33-8-10-35(49-33)31-21-26(12-15-46-37(41)42)18-27(22-31)13-16-47-38(43)44/h3,5-10,17-23H,2,4,11-16H2,1H3,(H4,39,40,45)(H4,41,42,46)(H4,43,44,47). The molecule has 0 amide bonds. The van der Waals surface area contributed by atoms with Crippen LogP contribution in [0.3, 0.4) is 0 Å². The number of thiophene rings is 2. The Labute approximate surface area is 296 Å². The monoisotopic (exact) mass is 691 g/mol. The fourth-order valence-electron chi connectivity index (χ4n) is 5.74. The molecule has 0 fully saturated rings. The number of aliphatic imine (C=N–C) groups is 3. The maximum absolute atomic E-state index is 5.56. The first kappa shape index (κ1) is 35.2. The van der Waals surface area contributed by atoms with E-state index in [1.165, 1.54) is 47.3 Å². The van der Waals surface area contributed by atoms with E-state index in [9.17, 15) is 0 Å². The van der Waals surface area contributed by atoms with Gasteiger partial charge >= 0.3 is 0 Å². The summed E-state index contributed by atoms with van der Waals surface area (Å²) in [5, 5.41) is 0. The van der Waals surface area contributed by atoms with E-state index in [0.717, 1.165) is 48.8 Å². The maximum atomic E-state index is 5.56. The highest BCUT2D eigenvalue weighted by Crippen LogP contribution is 2.39. The minimum absolute atomic E-state index is 0.0966. The highest BCUT2D eigenvalue weighted by molar-refractivity contribution is 7.19. The van der Waals surface area contributed by atoms with Crippen LogP contribution in [-0.4, -0.2) is 37.5 Å². The van der Waals surface area contributed by atoms with Crippen LogP contribution in [0, 0.1) is 0 Å². The second-order valence-corrected chi connectivity index (χ2v) is 14.1. The van der Waals surface area contributed by atoms with Crippen molar-refractivity contribution in [3.63, 3.8) is 0 Å². The molecule has 49 heavy (non-hydrogen) atoms. The Bertz CT molecular complexity index is 1920. The Morgan fingerprint density at radius 2 is 0.796 bits per heavy atom. The first-order valence-electron chi connectivity index (χ1n) is 16.4. The summed E-state index contributed by atoms with van der Waals surface area (Å²) in [6.45, 7) is 3.84. The van der Waals surface area contributed by atoms with Gasteiger partial charge < -0.3 is 34.4 Å². The van der Waals surface area contributed by atoms with E-state index in [0.29, 0.717) is 19.6 Å². The molecule has 0 radical (unpaired) electrons. The quantitative estimate of drug-likeness (QED) is 0.0586. The number of rotatable bonds is 15. The minimum atomic E-state index is 0.0966. The molecule has 5 aromatic rings. The zero-order valence-corrected chi connectivity index (χ0v) is 29.5. The third kappa shape index (κ3) is 10.2. The largest absolute Gasteiger partial charge is 0.370 e. The van der Waals surface area contributed by atoms with Gasteiger partial charge in [-0.15, -0.1) is 22.7 Å². The molecule has 0 aliphatic rings. The van der Waals surface area contributed by atoms with E-state index in [2.05, 4.69) is 107 Å². The van der Waals surface area contributed by atoms with Crippen LogP contribution in [0.4, 0.5) is 0 Å². The first-order valence-corrected chi connectivity index (χ1v) is 18.0. The van der Waals surface area contributed by atoms with Crippen molar-refractivity contribution in [2.45, 2.75) is 39.0 Å². The summed E-state index contributed by atoms with van der Waals surface area (Å²) in [4.78, 5) is 17.4. The van der Waals surface area contributed by atoms with Crippen LogP contribution >= 0.6 is 22.7 Å². The van der Waals surface area contributed by atoms with Gasteiger partial charge in [0.1, 0.15) is 0 Å². The lowest BCUT2D eigenvalue weighted by molar-refractivity contribution is 0.909. The summed E-state index contributed by atoms with van der Waals surface area (Å²) in [7, 11) is 0. The fourth-order valence-corrected chi connectivity index (χ4v) is 7.72. The van der Waals surface area contributed by atoms with Crippen LogP contribution in [0.5, 0.6) is 0 Å². The maximum Gasteiger partial charge on any atom is 0.185 e. The smallest absolute Gasteiger partial charge is 0.185 e. The number of hydrogen-bond acceptors (Lipinski definition) is 5. The summed E-state index contributed by atoms with van der Waals surface area (Å²) in [5.74, 6) is 0.322. The lowest BCUT2D eigenvalue weighted by Gasteiger charge is -2.09. The highest BCUT2D eigenvalue weighted by atomic mass is 32.1. The van der Waals surface area contributed by atoms with Crippen molar-refractivity contribution in [1.29, 1.82) is 0 Å². The van der Waals surface area contributed by atoms with Crippen molar-refractivity contribution in [3.05, 3.63) is 107 Å². The number of guanidine groups is 3. The summed E-state index contributed by atoms with van der Waals surface area (Å²) in [6.07, 6.45) is 4.38. The van der Waals surface area contributed by atoms with Gasteiger partial charge in [0.25, 0.3) is 0 Å². The molecule has 0 bridgehead atoms. The zero-order valence-electron chi connectivity index (χ0n) is 27.9. The lowest BCUT2D eigenvalue weighted by atomic mass is 10.00. The normalized spacial score (nSPS) is 10.9. The summed E-state index contributed by atoms with van der Waals surface area (Å²) in [6, 6.07) is 31.1. The predicted octanol–water partition coefficient (Wildman–Crippen LogP) is 5.88. The average molecular weight is 692 g/mol. The van der Waals surface area contributed by atoms with Gasteiger partial charge in [0.2, 0.25) is 0 Å². The SMILES string of the molecule is CCCc1cc(CCN=C(N)N)cc(-c2ccc(-c3cccc(-c4ccc(-c5cc(CCN=C(N)N)cc(CCN=C(N)N)c5)s4)c3)s2)c1. The van der Waals surface area contributed by atoms with Crippen molar-refractivity contribution in [3.8, 4) is 41.8 Å². The van der Waals surface area contributed by atoms with Crippen molar-refractivity contribution in [2.75, 3.05) is 19.6 Å². The van der Waals surface area contributed by atoms with Crippen LogP contribution in [-0.2, 0) is 25.7 Å². The molecule has 2 aromatic heterocycles. The van der Waals surface area contributed by atoms with Crippen molar-refractivity contribution in [1.82, 2.24) is 0 Å². The summed E-state index contributed by atoms with van der Waals surface area (Å²) in [5.41, 5.74) is 43.0. The third-order valence-electron chi connectivity index (χ3n) is 7.94. The van der Waals surface area contributed by atoms with Gasteiger partial charge in [0.05, 0.1) is 0 Å². The van der Waals surface area contributed by atoms with E-state index in [4.69, 9.17) is 34.4 Å². The molecule has 0 aliphatic heterocycles. The molecule has 9 nitrogen and oxygen atoms in total. The topological polar surface area (TPSA) is 193 Å². The minimum Gasteiger partial charge on any atom is -0.370 e. The predicted molar refractivity (Wildman–Crippen MR) is 211 cm³/mol. The van der Waals surface area contributed by atoms with E-state index in [1.807, 2.05) is 11.3 Å². The molecule has 0 atom stereocenters. The average Bonchev–Trinajstić information content (AvgIpc) is 3.76. The Hall–Kier alpha value is -5.13. The van der Waals surface area contributed by atoms with Crippen LogP contribution in [0.15, 0.2) is 99.9 Å². The fraction of sp³-hybridized carbons (Fsp3) is 0.237. The molecular weight excluding hydrogens is 647 g/mol.